The summed E-state index contributed by atoms with van der Waals surface area (Å²) in [7, 11) is 1.63. The fraction of sp³-hybridized carbons (Fsp3) is 0.279. The quantitative estimate of drug-likeness (QED) is 0.122. The molecule has 3 aliphatic heterocycles. The highest BCUT2D eigenvalue weighted by Crippen LogP contribution is 2.51. The predicted molar refractivity (Wildman–Crippen MR) is 301 cm³/mol. The van der Waals surface area contributed by atoms with E-state index in [0.717, 1.165) is 11.4 Å². The van der Waals surface area contributed by atoms with Crippen molar-refractivity contribution >= 4 is 68.0 Å². The summed E-state index contributed by atoms with van der Waals surface area (Å²) in [5.74, 6) is -0.206. The number of rotatable bonds is 9. The molecule has 24 heteroatoms. The Bertz CT molecular complexity index is 4140. The molecule has 0 unspecified atom stereocenters. The Labute approximate surface area is 482 Å². The average molecular weight is 1150 g/mol. The number of furan rings is 3. The van der Waals surface area contributed by atoms with Crippen LogP contribution in [0.5, 0.6) is 5.75 Å². The van der Waals surface area contributed by atoms with Gasteiger partial charge in [-0.2, -0.15) is 15.8 Å². The topological polar surface area (TPSA) is 242 Å². The molecule has 0 bridgehead atoms. The van der Waals surface area contributed by atoms with Crippen molar-refractivity contribution in [1.82, 2.24) is 34.6 Å². The van der Waals surface area contributed by atoms with Crippen molar-refractivity contribution < 1.29 is 49.9 Å². The number of aromatic nitrogens is 4. The number of pyridine rings is 4. The number of nitrogens with zero attached hydrogens (tertiary/aromatic N) is 13. The molecule has 10 heterocycles. The van der Waals surface area contributed by atoms with Crippen LogP contribution in [0.4, 0.5) is 34.6 Å². The van der Waals surface area contributed by atoms with E-state index in [2.05, 4.69) is 24.8 Å². The average Bonchev–Trinajstić information content (AvgIpc) is 3.11. The Morgan fingerprint density at radius 1 is 0.576 bits per heavy atom. The molecule has 0 N–H and O–H groups in total. The Kier molecular flexibility index (Phi) is 16.0. The van der Waals surface area contributed by atoms with Gasteiger partial charge in [0, 0.05) is 144 Å². The molecule has 13 rings (SSSR count). The van der Waals surface area contributed by atoms with Gasteiger partial charge in [0.15, 0.2) is 16.8 Å². The first-order valence-corrected chi connectivity index (χ1v) is 27.1. The fourth-order valence-corrected chi connectivity index (χ4v) is 10.5. The number of alkyl halides is 2. The first-order valence-electron chi connectivity index (χ1n) is 27.1. The molecule has 0 spiro atoms. The lowest BCUT2D eigenvalue weighted by Gasteiger charge is -2.36. The van der Waals surface area contributed by atoms with Crippen LogP contribution < -0.4 is 19.4 Å². The monoisotopic (exact) mass is 1150 g/mol. The van der Waals surface area contributed by atoms with E-state index >= 15 is 0 Å². The van der Waals surface area contributed by atoms with E-state index in [1.807, 2.05) is 34.1 Å². The molecule has 85 heavy (non-hydrogen) atoms. The Hall–Kier alpha value is -10.5. The summed E-state index contributed by atoms with van der Waals surface area (Å²) in [5, 5.41) is 27.7. The van der Waals surface area contributed by atoms with Gasteiger partial charge in [0.2, 0.25) is 5.76 Å². The molecule has 0 radical (unpaired) electrons. The lowest BCUT2D eigenvalue weighted by Crippen LogP contribution is -2.49. The Morgan fingerprint density at radius 2 is 1.11 bits per heavy atom. The van der Waals surface area contributed by atoms with Gasteiger partial charge in [-0.1, -0.05) is 0 Å². The van der Waals surface area contributed by atoms with Gasteiger partial charge in [-0.3, -0.25) is 34.3 Å². The van der Waals surface area contributed by atoms with Gasteiger partial charge in [0.25, 0.3) is 17.7 Å². The van der Waals surface area contributed by atoms with Crippen LogP contribution in [0, 0.1) is 45.6 Å². The SMILES string of the molecule is COc1ccncc1N1CCN(C(=O)c2ccnc3cc(CF)oc23)CC1.N#Cc1cc(F)cc(N2CCN(C(=O)c3ccnc4cc(C#N)oc34)CC2)c1.N#Cc1cc(F)cc(N2CCN(C(=O)c3cncc4cc(C5(F)CC5)oc34)CC2)c1. The zero-order valence-electron chi connectivity index (χ0n) is 45.7. The van der Waals surface area contributed by atoms with Gasteiger partial charge >= 0.3 is 0 Å². The number of piperazine rings is 3. The highest BCUT2D eigenvalue weighted by molar-refractivity contribution is 6.06. The molecular weight excluding hydrogens is 1100 g/mol. The molecule has 20 nitrogen and oxygen atoms in total. The van der Waals surface area contributed by atoms with E-state index < -0.39 is 24.0 Å². The first kappa shape index (κ1) is 56.3. The molecule has 4 fully saturated rings. The van der Waals surface area contributed by atoms with E-state index in [0.29, 0.717) is 153 Å². The summed E-state index contributed by atoms with van der Waals surface area (Å²) >= 11 is 0. The van der Waals surface area contributed by atoms with Crippen LogP contribution >= 0.6 is 0 Å². The van der Waals surface area contributed by atoms with Gasteiger partial charge in [-0.05, 0) is 67.4 Å². The van der Waals surface area contributed by atoms with E-state index in [1.165, 1.54) is 48.8 Å². The number of ether oxygens (including phenoxy) is 1. The highest BCUT2D eigenvalue weighted by Gasteiger charge is 2.48. The van der Waals surface area contributed by atoms with Gasteiger partial charge < -0.3 is 47.4 Å². The molecule has 4 aliphatic rings. The van der Waals surface area contributed by atoms with Crippen molar-refractivity contribution in [3.8, 4) is 24.0 Å². The van der Waals surface area contributed by atoms with E-state index in [4.69, 9.17) is 33.8 Å². The number of nitriles is 3. The summed E-state index contributed by atoms with van der Waals surface area (Å²) in [6.45, 7) is 5.45. The number of benzene rings is 2. The van der Waals surface area contributed by atoms with Crippen molar-refractivity contribution in [2.45, 2.75) is 25.2 Å². The van der Waals surface area contributed by atoms with Gasteiger partial charge in [-0.15, -0.1) is 0 Å². The number of anilines is 3. The maximum Gasteiger partial charge on any atom is 0.259 e. The zero-order valence-corrected chi connectivity index (χ0v) is 45.7. The van der Waals surface area contributed by atoms with Gasteiger partial charge in [-0.25, -0.2) is 17.6 Å². The molecule has 1 saturated carbocycles. The molecule has 9 aromatic rings. The normalized spacial score (nSPS) is 15.5. The second-order valence-corrected chi connectivity index (χ2v) is 20.4. The summed E-state index contributed by atoms with van der Waals surface area (Å²) in [6.07, 6.45) is 10.4. The maximum absolute atomic E-state index is 14.4. The number of carbonyl (C=O) groups excluding carboxylic acids is 3. The molecule has 0 atom stereocenters. The van der Waals surface area contributed by atoms with Crippen LogP contribution in [-0.4, -0.2) is 138 Å². The van der Waals surface area contributed by atoms with Crippen LogP contribution in [0.3, 0.4) is 0 Å². The minimum atomic E-state index is -1.42. The van der Waals surface area contributed by atoms with Gasteiger partial charge in [0.1, 0.15) is 63.8 Å². The number of halogens is 4. The van der Waals surface area contributed by atoms with Crippen LogP contribution in [-0.2, 0) is 12.3 Å². The Morgan fingerprint density at radius 3 is 1.62 bits per heavy atom. The molecule has 7 aromatic heterocycles. The summed E-state index contributed by atoms with van der Waals surface area (Å²) in [5.41, 5.74) is 4.30. The molecule has 1 aliphatic carbocycles. The van der Waals surface area contributed by atoms with Crippen LogP contribution in [0.1, 0.15) is 72.3 Å². The van der Waals surface area contributed by atoms with E-state index in [1.54, 1.807) is 76.9 Å². The molecule has 3 saturated heterocycles. The smallest absolute Gasteiger partial charge is 0.259 e. The number of methoxy groups -OCH3 is 1. The standard InChI is InChI=1S/C22H18F2N4O2.C20H14FN5O2.C19H19FN4O3/c23-16-7-14(11-25)8-17(10-16)27-3-5-28(6-4-27)21(29)18-13-26-12-15-9-19(30-20(15)18)22(24)1-2-22;21-14-7-13(11-22)8-15(9-14)25-3-5-26(6-4-25)20(27)17-1-2-24-18-10-16(12-23)28-19(17)18;1-26-17-3-4-21-12-16(17)23-6-8-24(9-7-23)19(25)14-2-5-22-15-10-13(11-20)27-18(14)15/h7-10,12-13H,1-6H2;1-2,7-10H,3-6H2;2-5,10,12H,6-9,11H2,1H3. The van der Waals surface area contributed by atoms with Crippen molar-refractivity contribution in [1.29, 1.82) is 15.8 Å². The maximum atomic E-state index is 14.4. The minimum Gasteiger partial charge on any atom is -0.494 e. The molecule has 2 aromatic carbocycles. The molecular formula is C61H51F4N13O7. The van der Waals surface area contributed by atoms with E-state index in [9.17, 15) is 31.9 Å². The minimum absolute atomic E-state index is 0.104. The summed E-state index contributed by atoms with van der Waals surface area (Å²) in [6, 6.07) is 23.9. The van der Waals surface area contributed by atoms with Crippen molar-refractivity contribution in [3.63, 3.8) is 0 Å². The van der Waals surface area contributed by atoms with Gasteiger partial charge in [0.05, 0.1) is 53.4 Å². The first-order chi connectivity index (χ1) is 41.3. The van der Waals surface area contributed by atoms with Crippen LogP contribution in [0.25, 0.3) is 33.2 Å². The largest absolute Gasteiger partial charge is 0.494 e. The number of hydrogen-bond acceptors (Lipinski definition) is 17. The lowest BCUT2D eigenvalue weighted by atomic mass is 10.1. The molecule has 430 valence electrons. The zero-order chi connectivity index (χ0) is 59.4. The lowest BCUT2D eigenvalue weighted by molar-refractivity contribution is 0.0739. The van der Waals surface area contributed by atoms with Crippen molar-refractivity contribution in [2.24, 2.45) is 0 Å². The van der Waals surface area contributed by atoms with E-state index in [-0.39, 0.29) is 46.1 Å². The predicted octanol–water partition coefficient (Wildman–Crippen LogP) is 9.10. The third-order valence-electron chi connectivity index (χ3n) is 15.1. The van der Waals surface area contributed by atoms with Crippen molar-refractivity contribution in [3.05, 3.63) is 167 Å². The Balaban J connectivity index is 0.000000133. The van der Waals surface area contributed by atoms with Crippen molar-refractivity contribution in [2.75, 3.05) is 100 Å². The van der Waals surface area contributed by atoms with Crippen LogP contribution in [0.15, 0.2) is 123 Å². The number of carbonyl (C=O) groups is 3. The third-order valence-corrected chi connectivity index (χ3v) is 15.1. The second kappa shape index (κ2) is 24.1. The third kappa shape index (κ3) is 11.9. The summed E-state index contributed by atoms with van der Waals surface area (Å²) in [4.78, 5) is 66.7. The second-order valence-electron chi connectivity index (χ2n) is 20.4. The fourth-order valence-electron chi connectivity index (χ4n) is 10.5. The van der Waals surface area contributed by atoms with Crippen LogP contribution in [0.2, 0.25) is 0 Å². The molecule has 3 amide bonds. The number of fused-ring (bicyclic) bond motifs is 3. The number of hydrogen-bond donors (Lipinski definition) is 0. The summed E-state index contributed by atoms with van der Waals surface area (Å²) < 4.78 is 76.7. The highest BCUT2D eigenvalue weighted by atomic mass is 19.1. The number of amides is 3.